The van der Waals surface area contributed by atoms with Gasteiger partial charge in [-0.25, -0.2) is 0 Å². The van der Waals surface area contributed by atoms with Crippen molar-refractivity contribution in [2.75, 3.05) is 13.7 Å². The number of nitrogens with zero attached hydrogens (tertiary/aromatic N) is 1. The average Bonchev–Trinajstić information content (AvgIpc) is 2.53. The van der Waals surface area contributed by atoms with Crippen molar-refractivity contribution in [3.63, 3.8) is 0 Å². The van der Waals surface area contributed by atoms with Gasteiger partial charge in [0.05, 0.1) is 12.7 Å². The van der Waals surface area contributed by atoms with E-state index in [-0.39, 0.29) is 12.1 Å². The summed E-state index contributed by atoms with van der Waals surface area (Å²) in [7, 11) is 2.01. The average molecular weight is 282 g/mol. The van der Waals surface area contributed by atoms with Crippen LogP contribution in [0.3, 0.4) is 0 Å². The second-order valence-electron chi connectivity index (χ2n) is 5.62. The molecule has 3 rings (SSSR count). The maximum atomic E-state index is 6.04. The van der Waals surface area contributed by atoms with Crippen LogP contribution in [0, 0.1) is 6.92 Å². The first-order valence-corrected chi connectivity index (χ1v) is 7.56. The Kier molecular flexibility index (Phi) is 4.32. The monoisotopic (exact) mass is 282 g/mol. The number of hydrogen-bond acceptors (Lipinski definition) is 3. The maximum absolute atomic E-state index is 6.04. The lowest BCUT2D eigenvalue weighted by Gasteiger charge is -2.29. The summed E-state index contributed by atoms with van der Waals surface area (Å²) in [6.07, 6.45) is 5.92. The Hall–Kier alpha value is -1.71. The fourth-order valence-corrected chi connectivity index (χ4v) is 3.13. The van der Waals surface area contributed by atoms with Gasteiger partial charge in [0.2, 0.25) is 0 Å². The fourth-order valence-electron chi connectivity index (χ4n) is 3.13. The van der Waals surface area contributed by atoms with Crippen molar-refractivity contribution in [1.82, 2.24) is 10.3 Å². The molecule has 2 heterocycles. The normalized spacial score (nSPS) is 19.0. The van der Waals surface area contributed by atoms with E-state index in [0.29, 0.717) is 0 Å². The first-order valence-electron chi connectivity index (χ1n) is 7.56. The number of benzene rings is 1. The molecule has 1 aliphatic rings. The van der Waals surface area contributed by atoms with E-state index in [9.17, 15) is 0 Å². The van der Waals surface area contributed by atoms with Crippen molar-refractivity contribution in [3.8, 4) is 0 Å². The molecule has 1 aliphatic heterocycles. The van der Waals surface area contributed by atoms with Gasteiger partial charge in [0.25, 0.3) is 0 Å². The second kappa shape index (κ2) is 6.37. The molecule has 2 atom stereocenters. The summed E-state index contributed by atoms with van der Waals surface area (Å²) in [4.78, 5) is 4.27. The van der Waals surface area contributed by atoms with Gasteiger partial charge in [0.15, 0.2) is 0 Å². The highest BCUT2D eigenvalue weighted by molar-refractivity contribution is 5.32. The third kappa shape index (κ3) is 2.99. The number of nitrogens with one attached hydrogen (secondary N) is 1. The quantitative estimate of drug-likeness (QED) is 0.933. The highest BCUT2D eigenvalue weighted by atomic mass is 16.5. The third-order valence-corrected chi connectivity index (χ3v) is 4.35. The van der Waals surface area contributed by atoms with E-state index < -0.39 is 0 Å². The van der Waals surface area contributed by atoms with Gasteiger partial charge >= 0.3 is 0 Å². The van der Waals surface area contributed by atoms with E-state index in [2.05, 4.69) is 47.6 Å². The van der Waals surface area contributed by atoms with Crippen LogP contribution >= 0.6 is 0 Å². The predicted molar refractivity (Wildman–Crippen MR) is 84.2 cm³/mol. The Balaban J connectivity index is 1.84. The molecule has 0 bridgehead atoms. The van der Waals surface area contributed by atoms with Crippen molar-refractivity contribution >= 4 is 0 Å². The summed E-state index contributed by atoms with van der Waals surface area (Å²) in [5.41, 5.74) is 5.29. The molecular weight excluding hydrogens is 260 g/mol. The van der Waals surface area contributed by atoms with Crippen LogP contribution in [0.2, 0.25) is 0 Å². The third-order valence-electron chi connectivity index (χ3n) is 4.35. The second-order valence-corrected chi connectivity index (χ2v) is 5.62. The summed E-state index contributed by atoms with van der Waals surface area (Å²) in [6, 6.07) is 11.0. The molecule has 2 aromatic rings. The van der Waals surface area contributed by atoms with Crippen molar-refractivity contribution in [1.29, 1.82) is 0 Å². The summed E-state index contributed by atoms with van der Waals surface area (Å²) >= 11 is 0. The van der Waals surface area contributed by atoms with Gasteiger partial charge in [-0.05, 0) is 55.1 Å². The van der Waals surface area contributed by atoms with Gasteiger partial charge in [-0.3, -0.25) is 4.98 Å². The minimum atomic E-state index is 0.159. The molecule has 1 aromatic heterocycles. The van der Waals surface area contributed by atoms with Crippen LogP contribution in [0.1, 0.15) is 40.8 Å². The highest BCUT2D eigenvalue weighted by Gasteiger charge is 2.24. The van der Waals surface area contributed by atoms with Crippen LogP contribution in [0.15, 0.2) is 42.7 Å². The number of hydrogen-bond donors (Lipinski definition) is 1. The maximum Gasteiger partial charge on any atom is 0.0845 e. The lowest BCUT2D eigenvalue weighted by Crippen LogP contribution is -2.24. The van der Waals surface area contributed by atoms with E-state index in [1.807, 2.05) is 19.4 Å². The van der Waals surface area contributed by atoms with Crippen molar-refractivity contribution < 1.29 is 4.74 Å². The largest absolute Gasteiger partial charge is 0.373 e. The van der Waals surface area contributed by atoms with E-state index in [1.165, 1.54) is 22.3 Å². The zero-order chi connectivity index (χ0) is 14.7. The number of pyridine rings is 1. The molecule has 0 spiro atoms. The van der Waals surface area contributed by atoms with E-state index in [1.54, 1.807) is 0 Å². The zero-order valence-corrected chi connectivity index (χ0v) is 12.7. The summed E-state index contributed by atoms with van der Waals surface area (Å²) in [6.45, 7) is 2.95. The Labute approximate surface area is 126 Å². The van der Waals surface area contributed by atoms with Gasteiger partial charge in [-0.15, -0.1) is 0 Å². The first-order chi connectivity index (χ1) is 10.3. The first kappa shape index (κ1) is 14.2. The number of ether oxygens (including phenoxy) is 1. The van der Waals surface area contributed by atoms with Crippen LogP contribution in [-0.2, 0) is 11.2 Å². The minimum absolute atomic E-state index is 0.159. The lowest BCUT2D eigenvalue weighted by atomic mass is 9.91. The molecule has 0 aliphatic carbocycles. The summed E-state index contributed by atoms with van der Waals surface area (Å²) in [5.74, 6) is 0. The molecular formula is C18H22N2O. The molecule has 1 aromatic carbocycles. The van der Waals surface area contributed by atoms with Gasteiger partial charge < -0.3 is 10.1 Å². The molecule has 0 fully saturated rings. The molecule has 0 saturated carbocycles. The van der Waals surface area contributed by atoms with Crippen molar-refractivity contribution in [2.45, 2.75) is 31.9 Å². The van der Waals surface area contributed by atoms with Crippen LogP contribution < -0.4 is 5.32 Å². The molecule has 0 radical (unpaired) electrons. The number of fused-ring (bicyclic) bond motifs is 1. The molecule has 1 N–H and O–H groups in total. The molecule has 0 saturated heterocycles. The van der Waals surface area contributed by atoms with Crippen LogP contribution in [0.25, 0.3) is 0 Å². The van der Waals surface area contributed by atoms with Gasteiger partial charge in [0.1, 0.15) is 0 Å². The van der Waals surface area contributed by atoms with E-state index >= 15 is 0 Å². The Morgan fingerprint density at radius 1 is 1.33 bits per heavy atom. The smallest absolute Gasteiger partial charge is 0.0845 e. The van der Waals surface area contributed by atoms with Gasteiger partial charge in [0, 0.05) is 18.4 Å². The SMILES string of the molecule is CNC(CC1OCCc2ccccc21)c1cnccc1C. The van der Waals surface area contributed by atoms with Crippen LogP contribution in [-0.4, -0.2) is 18.6 Å². The fraction of sp³-hybridized carbons (Fsp3) is 0.389. The molecule has 3 nitrogen and oxygen atoms in total. The molecule has 21 heavy (non-hydrogen) atoms. The van der Waals surface area contributed by atoms with Gasteiger partial charge in [-0.2, -0.15) is 0 Å². The molecule has 3 heteroatoms. The summed E-state index contributed by atoms with van der Waals surface area (Å²) in [5, 5.41) is 3.42. The number of aryl methyl sites for hydroxylation is 1. The Morgan fingerprint density at radius 3 is 3.00 bits per heavy atom. The standard InChI is InChI=1S/C18H22N2O/c1-13-7-9-20-12-16(13)17(19-2)11-18-15-6-4-3-5-14(15)8-10-21-18/h3-7,9,12,17-19H,8,10-11H2,1-2H3. The topological polar surface area (TPSA) is 34.1 Å². The molecule has 110 valence electrons. The Bertz CT molecular complexity index is 612. The highest BCUT2D eigenvalue weighted by Crippen LogP contribution is 2.34. The lowest BCUT2D eigenvalue weighted by molar-refractivity contribution is 0.0298. The predicted octanol–water partition coefficient (Wildman–Crippen LogP) is 3.35. The minimum Gasteiger partial charge on any atom is -0.373 e. The van der Waals surface area contributed by atoms with Crippen LogP contribution in [0.4, 0.5) is 0 Å². The summed E-state index contributed by atoms with van der Waals surface area (Å²) < 4.78 is 6.04. The van der Waals surface area contributed by atoms with Crippen molar-refractivity contribution in [2.24, 2.45) is 0 Å². The zero-order valence-electron chi connectivity index (χ0n) is 12.7. The van der Waals surface area contributed by atoms with Crippen molar-refractivity contribution in [3.05, 3.63) is 65.0 Å². The van der Waals surface area contributed by atoms with E-state index in [4.69, 9.17) is 4.74 Å². The number of rotatable bonds is 4. The van der Waals surface area contributed by atoms with Crippen LogP contribution in [0.5, 0.6) is 0 Å². The Morgan fingerprint density at radius 2 is 2.19 bits per heavy atom. The van der Waals surface area contributed by atoms with E-state index in [0.717, 1.165) is 19.4 Å². The molecule has 0 amide bonds. The number of aromatic nitrogens is 1. The molecule has 2 unspecified atom stereocenters. The van der Waals surface area contributed by atoms with Gasteiger partial charge in [-0.1, -0.05) is 24.3 Å².